The van der Waals surface area contributed by atoms with Gasteiger partial charge in [0.1, 0.15) is 0 Å². The van der Waals surface area contributed by atoms with Gasteiger partial charge >= 0.3 is 5.37 Å². The summed E-state index contributed by atoms with van der Waals surface area (Å²) in [6, 6.07) is 7.81. The molecule has 0 N–H and O–H groups in total. The van der Waals surface area contributed by atoms with Crippen molar-refractivity contribution < 1.29 is 4.79 Å². The lowest BCUT2D eigenvalue weighted by Crippen LogP contribution is -2.31. The average molecular weight is 263 g/mol. The number of aliphatic imine (C=N–C) groups is 1. The van der Waals surface area contributed by atoms with Crippen LogP contribution in [0.4, 0.5) is 10.5 Å². The lowest BCUT2D eigenvalue weighted by atomic mass is 10.3. The molecular formula is C12H7ClN2OS. The van der Waals surface area contributed by atoms with Gasteiger partial charge in [0.25, 0.3) is 0 Å². The van der Waals surface area contributed by atoms with Gasteiger partial charge in [-0.25, -0.2) is 4.99 Å². The minimum absolute atomic E-state index is 0.550. The fraction of sp³-hybridized carbons (Fsp3) is 0. The van der Waals surface area contributed by atoms with Gasteiger partial charge in [0.15, 0.2) is 5.84 Å². The van der Waals surface area contributed by atoms with Gasteiger partial charge in [-0.1, -0.05) is 23.9 Å². The zero-order chi connectivity index (χ0) is 11.8. The van der Waals surface area contributed by atoms with Gasteiger partial charge in [0.05, 0.1) is 10.6 Å². The van der Waals surface area contributed by atoms with E-state index in [-0.39, 0.29) is 0 Å². The highest BCUT2D eigenvalue weighted by molar-refractivity contribution is 8.04. The largest absolute Gasteiger partial charge is 0.326 e. The highest BCUT2D eigenvalue weighted by atomic mass is 35.5. The van der Waals surface area contributed by atoms with Crippen LogP contribution in [0.2, 0.25) is 0 Å². The van der Waals surface area contributed by atoms with Crippen molar-refractivity contribution in [2.24, 2.45) is 4.99 Å². The molecule has 3 rings (SSSR count). The monoisotopic (exact) mass is 262 g/mol. The first-order valence-electron chi connectivity index (χ1n) is 4.99. The lowest BCUT2D eigenvalue weighted by Gasteiger charge is -2.25. The number of para-hydroxylation sites is 1. The second-order valence-electron chi connectivity index (χ2n) is 3.50. The maximum absolute atomic E-state index is 11.3. The van der Waals surface area contributed by atoms with E-state index < -0.39 is 5.37 Å². The van der Waals surface area contributed by atoms with Gasteiger partial charge in [-0.05, 0) is 35.9 Å². The number of amides is 1. The van der Waals surface area contributed by atoms with Crippen LogP contribution in [-0.4, -0.2) is 16.1 Å². The minimum atomic E-state index is -0.550. The van der Waals surface area contributed by atoms with Gasteiger partial charge in [-0.2, -0.15) is 0 Å². The number of fused-ring (bicyclic) bond motifs is 2. The number of halogens is 1. The Balaban J connectivity index is 2.13. The summed E-state index contributed by atoms with van der Waals surface area (Å²) < 4.78 is 0. The second-order valence-corrected chi connectivity index (χ2v) is 4.91. The summed E-state index contributed by atoms with van der Waals surface area (Å²) in [5.41, 5.74) is 0.864. The molecule has 0 fully saturated rings. The molecule has 0 saturated carbocycles. The molecule has 1 aromatic rings. The molecule has 2 heterocycles. The van der Waals surface area contributed by atoms with E-state index in [4.69, 9.17) is 11.6 Å². The number of carbonyl (C=O) groups is 1. The molecule has 17 heavy (non-hydrogen) atoms. The fourth-order valence-corrected chi connectivity index (χ4v) is 2.80. The normalized spacial score (nSPS) is 16.9. The number of carbonyl (C=O) groups excluding carboxylic acids is 1. The van der Waals surface area contributed by atoms with Crippen molar-refractivity contribution in [2.75, 3.05) is 0 Å². The Hall–Kier alpha value is -1.52. The van der Waals surface area contributed by atoms with E-state index in [1.165, 1.54) is 4.90 Å². The van der Waals surface area contributed by atoms with Crippen molar-refractivity contribution in [3.8, 4) is 0 Å². The van der Waals surface area contributed by atoms with Crippen LogP contribution in [0.1, 0.15) is 0 Å². The first kappa shape index (κ1) is 10.6. The van der Waals surface area contributed by atoms with Gasteiger partial charge in [0, 0.05) is 11.1 Å². The number of allylic oxidation sites excluding steroid dienone is 2. The number of amidine groups is 1. The van der Waals surface area contributed by atoms with Crippen molar-refractivity contribution in [1.29, 1.82) is 0 Å². The fourth-order valence-electron chi connectivity index (χ4n) is 1.68. The molecule has 1 aromatic carbocycles. The number of hydrogen-bond acceptors (Lipinski definition) is 3. The van der Waals surface area contributed by atoms with Crippen molar-refractivity contribution in [2.45, 2.75) is 4.90 Å². The summed E-state index contributed by atoms with van der Waals surface area (Å²) in [7, 11) is 0. The average Bonchev–Trinajstić information content (AvgIpc) is 2.35. The van der Waals surface area contributed by atoms with Crippen molar-refractivity contribution in [3.63, 3.8) is 0 Å². The van der Waals surface area contributed by atoms with Crippen LogP contribution >= 0.6 is 23.4 Å². The van der Waals surface area contributed by atoms with Crippen LogP contribution in [0.15, 0.2) is 57.4 Å². The van der Waals surface area contributed by atoms with Crippen molar-refractivity contribution in [1.82, 2.24) is 4.90 Å². The van der Waals surface area contributed by atoms with Gasteiger partial charge in [0.2, 0.25) is 0 Å². The second kappa shape index (κ2) is 4.05. The van der Waals surface area contributed by atoms with Crippen molar-refractivity contribution >= 4 is 40.3 Å². The minimum Gasteiger partial charge on any atom is -0.257 e. The predicted molar refractivity (Wildman–Crippen MR) is 69.7 cm³/mol. The molecule has 1 amide bonds. The maximum atomic E-state index is 11.3. The lowest BCUT2D eigenvalue weighted by molar-refractivity contribution is 0.250. The third-order valence-corrected chi connectivity index (χ3v) is 3.72. The zero-order valence-electron chi connectivity index (χ0n) is 8.63. The number of thioether (sulfide) groups is 1. The third-order valence-electron chi connectivity index (χ3n) is 2.43. The number of rotatable bonds is 0. The van der Waals surface area contributed by atoms with Crippen LogP contribution in [0.5, 0.6) is 0 Å². The number of benzene rings is 1. The Morgan fingerprint density at radius 1 is 1.35 bits per heavy atom. The molecule has 0 aromatic heterocycles. The summed E-state index contributed by atoms with van der Waals surface area (Å²) in [5.74, 6) is 0.594. The highest BCUT2D eigenvalue weighted by Gasteiger charge is 2.26. The van der Waals surface area contributed by atoms with Crippen LogP contribution in [0.25, 0.3) is 0 Å². The van der Waals surface area contributed by atoms with Gasteiger partial charge < -0.3 is 0 Å². The first-order chi connectivity index (χ1) is 8.25. The maximum Gasteiger partial charge on any atom is 0.326 e. The third kappa shape index (κ3) is 1.79. The van der Waals surface area contributed by atoms with Crippen molar-refractivity contribution in [3.05, 3.63) is 47.5 Å². The topological polar surface area (TPSA) is 32.7 Å². The molecule has 2 aliphatic heterocycles. The Kier molecular flexibility index (Phi) is 2.53. The summed E-state index contributed by atoms with van der Waals surface area (Å²) in [6.45, 7) is 0. The summed E-state index contributed by atoms with van der Waals surface area (Å²) in [4.78, 5) is 19.1. The molecular weight excluding hydrogens is 256 g/mol. The molecule has 0 saturated heterocycles. The molecule has 5 heteroatoms. The van der Waals surface area contributed by atoms with E-state index in [0.717, 1.165) is 15.5 Å². The van der Waals surface area contributed by atoms with E-state index in [0.29, 0.717) is 5.84 Å². The molecule has 0 atom stereocenters. The Morgan fingerprint density at radius 3 is 3.00 bits per heavy atom. The molecule has 0 bridgehead atoms. The molecule has 0 spiro atoms. The van der Waals surface area contributed by atoms with Crippen LogP contribution in [0.3, 0.4) is 0 Å². The van der Waals surface area contributed by atoms with Gasteiger partial charge in [-0.3, -0.25) is 9.69 Å². The molecule has 0 unspecified atom stereocenters. The number of hydrogen-bond donors (Lipinski definition) is 0. The molecule has 84 valence electrons. The number of nitrogens with zero attached hydrogens (tertiary/aromatic N) is 2. The predicted octanol–water partition coefficient (Wildman–Crippen LogP) is 3.89. The van der Waals surface area contributed by atoms with E-state index in [1.54, 1.807) is 24.0 Å². The van der Waals surface area contributed by atoms with Crippen LogP contribution < -0.4 is 0 Å². The Bertz CT molecular complexity index is 592. The zero-order valence-corrected chi connectivity index (χ0v) is 10.2. The molecule has 0 aliphatic carbocycles. The summed E-state index contributed by atoms with van der Waals surface area (Å²) in [6.07, 6.45) is 5.33. The smallest absolute Gasteiger partial charge is 0.257 e. The molecule has 0 radical (unpaired) electrons. The van der Waals surface area contributed by atoms with Gasteiger partial charge in [-0.15, -0.1) is 0 Å². The Morgan fingerprint density at radius 2 is 2.18 bits per heavy atom. The first-order valence-corrected chi connectivity index (χ1v) is 6.18. The molecule has 2 aliphatic rings. The van der Waals surface area contributed by atoms with Crippen LogP contribution in [0, 0.1) is 0 Å². The Labute approximate surface area is 107 Å². The van der Waals surface area contributed by atoms with E-state index in [9.17, 15) is 4.79 Å². The summed E-state index contributed by atoms with van der Waals surface area (Å²) in [5, 5.41) is -0.550. The van der Waals surface area contributed by atoms with Crippen LogP contribution in [-0.2, 0) is 0 Å². The SMILES string of the molecule is O=C(Cl)N1C=CC=C2Sc3ccccc3N=C21. The standard InChI is InChI=1S/C12H7ClN2OS/c13-12(16)15-7-3-6-10-11(15)14-8-4-1-2-5-9(8)17-10/h1-7H. The quantitative estimate of drug-likeness (QED) is 0.525. The van der Waals surface area contributed by atoms with E-state index in [1.807, 2.05) is 30.3 Å². The molecule has 3 nitrogen and oxygen atoms in total. The van der Waals surface area contributed by atoms with E-state index in [2.05, 4.69) is 4.99 Å². The highest BCUT2D eigenvalue weighted by Crippen LogP contribution is 2.41. The van der Waals surface area contributed by atoms with E-state index >= 15 is 0 Å². The summed E-state index contributed by atoms with van der Waals surface area (Å²) >= 11 is 7.11.